The van der Waals surface area contributed by atoms with Crippen LogP contribution in [0, 0.1) is 56.7 Å². The number of nitriles is 5. The zero-order valence-corrected chi connectivity index (χ0v) is 26.7. The van der Waals surface area contributed by atoms with Gasteiger partial charge in [-0.25, -0.2) is 0 Å². The lowest BCUT2D eigenvalue weighted by molar-refractivity contribution is -0.137. The van der Waals surface area contributed by atoms with Crippen LogP contribution in [0.4, 0.5) is 13.2 Å². The van der Waals surface area contributed by atoms with Crippen LogP contribution in [0.5, 0.6) is 0 Å². The van der Waals surface area contributed by atoms with Gasteiger partial charge in [0.15, 0.2) is 0 Å². The maximum absolute atomic E-state index is 15.3. The van der Waals surface area contributed by atoms with E-state index in [-0.39, 0.29) is 39.2 Å². The maximum Gasteiger partial charge on any atom is 0.417 e. The molecule has 0 fully saturated rings. The molecule has 0 bridgehead atoms. The SMILES string of the molecule is N#Cc1cccc(-c2cc(-n3c4cc(C#N)ccc4c4ccc(C#N)cc43)c(-n3c4cc(C#N)ccc4c4ccc(C#N)cc43)cc2C(F)(F)F)c1. The van der Waals surface area contributed by atoms with Gasteiger partial charge >= 0.3 is 6.18 Å². The topological polar surface area (TPSA) is 129 Å². The summed E-state index contributed by atoms with van der Waals surface area (Å²) in [4.78, 5) is 0. The minimum atomic E-state index is -4.87. The van der Waals surface area contributed by atoms with Crippen molar-refractivity contribution in [3.05, 3.63) is 143 Å². The number of aromatic nitrogens is 2. The van der Waals surface area contributed by atoms with Gasteiger partial charge in [0, 0.05) is 21.5 Å². The van der Waals surface area contributed by atoms with E-state index in [9.17, 15) is 26.3 Å². The van der Waals surface area contributed by atoms with Crippen molar-refractivity contribution in [2.75, 3.05) is 0 Å². The summed E-state index contributed by atoms with van der Waals surface area (Å²) in [5.41, 5.74) is 2.44. The standard InChI is InChI=1S/C42H18F3N7/c43-42(44,45)35-18-41(52-38-15-27(22-49)6-10-32(38)33-11-7-28(23-50)16-39(33)52)40(17-34(35)29-3-1-2-24(12-29)19-46)51-36-13-25(20-47)4-8-30(36)31-9-5-26(21-48)14-37(31)51/h1-18H. The number of halogens is 3. The highest BCUT2D eigenvalue weighted by molar-refractivity contribution is 6.12. The molecule has 8 rings (SSSR count). The lowest BCUT2D eigenvalue weighted by atomic mass is 9.95. The molecule has 0 aliphatic carbocycles. The summed E-state index contributed by atoms with van der Waals surface area (Å²) in [5, 5.41) is 51.9. The molecule has 0 saturated heterocycles. The van der Waals surface area contributed by atoms with Gasteiger partial charge in [-0.1, -0.05) is 36.4 Å². The van der Waals surface area contributed by atoms with Gasteiger partial charge in [0.25, 0.3) is 0 Å². The molecule has 0 aliphatic heterocycles. The first-order valence-electron chi connectivity index (χ1n) is 15.7. The van der Waals surface area contributed by atoms with Crippen LogP contribution >= 0.6 is 0 Å². The van der Waals surface area contributed by atoms with Gasteiger partial charge in [0.1, 0.15) is 0 Å². The molecule has 0 saturated carbocycles. The number of rotatable bonds is 3. The Morgan fingerprint density at radius 3 is 1.15 bits per heavy atom. The van der Waals surface area contributed by atoms with Crippen molar-refractivity contribution >= 4 is 43.6 Å². The first kappa shape index (κ1) is 31.4. The minimum absolute atomic E-state index is 0.0567. The van der Waals surface area contributed by atoms with Crippen LogP contribution < -0.4 is 0 Å². The third-order valence-corrected chi connectivity index (χ3v) is 9.26. The van der Waals surface area contributed by atoms with Crippen molar-refractivity contribution in [2.45, 2.75) is 6.18 Å². The van der Waals surface area contributed by atoms with E-state index in [1.165, 1.54) is 30.3 Å². The van der Waals surface area contributed by atoms with Crippen molar-refractivity contribution in [3.63, 3.8) is 0 Å². The van der Waals surface area contributed by atoms with Crippen LogP contribution in [-0.2, 0) is 6.18 Å². The Morgan fingerprint density at radius 1 is 0.423 bits per heavy atom. The van der Waals surface area contributed by atoms with Crippen LogP contribution in [0.15, 0.2) is 109 Å². The number of nitrogens with zero attached hydrogens (tertiary/aromatic N) is 7. The third-order valence-electron chi connectivity index (χ3n) is 9.26. The molecule has 0 amide bonds. The number of fused-ring (bicyclic) bond motifs is 6. The molecular weight excluding hydrogens is 660 g/mol. The molecule has 8 aromatic rings. The second kappa shape index (κ2) is 11.6. The van der Waals surface area contributed by atoms with Gasteiger partial charge in [-0.15, -0.1) is 0 Å². The summed E-state index contributed by atoms with van der Waals surface area (Å²) in [6, 6.07) is 38.9. The van der Waals surface area contributed by atoms with Crippen molar-refractivity contribution in [2.24, 2.45) is 0 Å². The highest BCUT2D eigenvalue weighted by Crippen LogP contribution is 2.45. The molecule has 0 unspecified atom stereocenters. The Hall–Kier alpha value is -7.84. The third kappa shape index (κ3) is 4.79. The molecule has 2 aromatic heterocycles. The molecule has 52 heavy (non-hydrogen) atoms. The van der Waals surface area contributed by atoms with Gasteiger partial charge in [-0.2, -0.15) is 39.5 Å². The van der Waals surface area contributed by atoms with E-state index in [2.05, 4.69) is 24.3 Å². The fraction of sp³-hybridized carbons (Fsp3) is 0.0238. The first-order valence-corrected chi connectivity index (χ1v) is 15.7. The molecule has 0 atom stereocenters. The molecule has 242 valence electrons. The van der Waals surface area contributed by atoms with Crippen LogP contribution in [0.25, 0.3) is 66.1 Å². The van der Waals surface area contributed by atoms with Crippen LogP contribution in [0.1, 0.15) is 33.4 Å². The van der Waals surface area contributed by atoms with Gasteiger partial charge in [-0.3, -0.25) is 0 Å². The molecule has 0 spiro atoms. The zero-order chi connectivity index (χ0) is 36.3. The van der Waals surface area contributed by atoms with Gasteiger partial charge in [0.2, 0.25) is 0 Å². The Kier molecular flexibility index (Phi) is 7.04. The number of benzene rings is 6. The summed E-state index contributed by atoms with van der Waals surface area (Å²) < 4.78 is 49.4. The highest BCUT2D eigenvalue weighted by Gasteiger charge is 2.36. The molecule has 7 nitrogen and oxygen atoms in total. The summed E-state index contributed by atoms with van der Waals surface area (Å²) in [6.45, 7) is 0. The number of hydrogen-bond acceptors (Lipinski definition) is 5. The summed E-state index contributed by atoms with van der Waals surface area (Å²) in [5.74, 6) is 0. The molecule has 6 aromatic carbocycles. The van der Waals surface area contributed by atoms with E-state index in [4.69, 9.17) is 0 Å². The van der Waals surface area contributed by atoms with E-state index in [0.717, 1.165) is 6.07 Å². The predicted octanol–water partition coefficient (Wildman–Crippen LogP) is 9.92. The van der Waals surface area contributed by atoms with Crippen LogP contribution in [0.2, 0.25) is 0 Å². The van der Waals surface area contributed by atoms with Crippen LogP contribution in [-0.4, -0.2) is 9.13 Å². The van der Waals surface area contributed by atoms with E-state index in [1.54, 1.807) is 81.9 Å². The van der Waals surface area contributed by atoms with Crippen LogP contribution in [0.3, 0.4) is 0 Å². The smallest absolute Gasteiger partial charge is 0.307 e. The van der Waals surface area contributed by atoms with Crippen molar-refractivity contribution in [1.29, 1.82) is 26.3 Å². The van der Waals surface area contributed by atoms with Gasteiger partial charge < -0.3 is 9.13 Å². The average Bonchev–Trinajstić information content (AvgIpc) is 3.67. The summed E-state index contributed by atoms with van der Waals surface area (Å²) in [6.07, 6.45) is -4.87. The van der Waals surface area contributed by atoms with E-state index < -0.39 is 11.7 Å². The molecular formula is C42H18F3N7. The summed E-state index contributed by atoms with van der Waals surface area (Å²) >= 11 is 0. The predicted molar refractivity (Wildman–Crippen MR) is 189 cm³/mol. The highest BCUT2D eigenvalue weighted by atomic mass is 19.4. The Labute approximate surface area is 293 Å². The molecule has 10 heteroatoms. The molecule has 0 N–H and O–H groups in total. The fourth-order valence-corrected chi connectivity index (χ4v) is 7.00. The van der Waals surface area contributed by atoms with Gasteiger partial charge in [-0.05, 0) is 83.9 Å². The largest absolute Gasteiger partial charge is 0.417 e. The number of alkyl halides is 3. The minimum Gasteiger partial charge on any atom is -0.307 e. The van der Waals surface area contributed by atoms with Crippen molar-refractivity contribution in [3.8, 4) is 52.8 Å². The lowest BCUT2D eigenvalue weighted by Gasteiger charge is -2.22. The lowest BCUT2D eigenvalue weighted by Crippen LogP contribution is -2.12. The number of hydrogen-bond donors (Lipinski definition) is 0. The van der Waals surface area contributed by atoms with Gasteiger partial charge in [0.05, 0.1) is 97.2 Å². The first-order chi connectivity index (χ1) is 25.2. The Morgan fingerprint density at radius 2 is 0.788 bits per heavy atom. The molecule has 2 heterocycles. The normalized spacial score (nSPS) is 11.3. The Bertz CT molecular complexity index is 2930. The van der Waals surface area contributed by atoms with Crippen molar-refractivity contribution in [1.82, 2.24) is 9.13 Å². The zero-order valence-electron chi connectivity index (χ0n) is 26.7. The second-order valence-corrected chi connectivity index (χ2v) is 12.1. The van der Waals surface area contributed by atoms with E-state index in [1.807, 2.05) is 6.07 Å². The maximum atomic E-state index is 15.3. The van der Waals surface area contributed by atoms with E-state index >= 15 is 13.2 Å². The second-order valence-electron chi connectivity index (χ2n) is 12.1. The monoisotopic (exact) mass is 677 g/mol. The summed E-state index contributed by atoms with van der Waals surface area (Å²) in [7, 11) is 0. The molecule has 0 aliphatic rings. The average molecular weight is 678 g/mol. The van der Waals surface area contributed by atoms with E-state index in [0.29, 0.717) is 54.7 Å². The Balaban J connectivity index is 1.65. The quantitative estimate of drug-likeness (QED) is 0.184. The fourth-order valence-electron chi connectivity index (χ4n) is 7.00. The van der Waals surface area contributed by atoms with Crippen molar-refractivity contribution < 1.29 is 13.2 Å². The molecule has 0 radical (unpaired) electrons.